The number of nitrogens with zero attached hydrogens (tertiary/aromatic N) is 1. The number of anilines is 1. The van der Waals surface area contributed by atoms with Crippen molar-refractivity contribution in [2.45, 2.75) is 6.29 Å². The summed E-state index contributed by atoms with van der Waals surface area (Å²) in [7, 11) is 0. The maximum absolute atomic E-state index is 12.0. The Labute approximate surface area is 126 Å². The highest BCUT2D eigenvalue weighted by molar-refractivity contribution is 6.29. The Morgan fingerprint density at radius 3 is 2.52 bits per heavy atom. The number of nitrogens with one attached hydrogen (secondary N) is 1. The summed E-state index contributed by atoms with van der Waals surface area (Å²) in [6.07, 6.45) is -0.315. The molecule has 6 heteroatoms. The van der Waals surface area contributed by atoms with Crippen molar-refractivity contribution in [1.29, 1.82) is 0 Å². The van der Waals surface area contributed by atoms with Gasteiger partial charge in [-0.05, 0) is 24.3 Å². The summed E-state index contributed by atoms with van der Waals surface area (Å²) >= 11 is 5.77. The van der Waals surface area contributed by atoms with Gasteiger partial charge in [0.25, 0.3) is 5.91 Å². The summed E-state index contributed by atoms with van der Waals surface area (Å²) in [5, 5.41) is 3.05. The zero-order valence-electron chi connectivity index (χ0n) is 11.1. The van der Waals surface area contributed by atoms with Crippen LogP contribution in [0.1, 0.15) is 22.3 Å². The molecule has 2 aromatic rings. The zero-order chi connectivity index (χ0) is 14.7. The van der Waals surface area contributed by atoms with E-state index in [-0.39, 0.29) is 23.0 Å². The lowest BCUT2D eigenvalue weighted by Crippen LogP contribution is -2.13. The number of halogens is 1. The lowest BCUT2D eigenvalue weighted by molar-refractivity contribution is -0.0441. The average Bonchev–Trinajstić information content (AvgIpc) is 3.02. The average molecular weight is 305 g/mol. The SMILES string of the molecule is O=C(Nc1ccc(C2OCCO2)cc1)c1cccc(Cl)n1. The molecular weight excluding hydrogens is 292 g/mol. The van der Waals surface area contributed by atoms with E-state index in [0.717, 1.165) is 5.56 Å². The molecule has 0 unspecified atom stereocenters. The predicted octanol–water partition coefficient (Wildman–Crippen LogP) is 3.03. The van der Waals surface area contributed by atoms with E-state index in [1.165, 1.54) is 0 Å². The molecule has 1 fully saturated rings. The van der Waals surface area contributed by atoms with Crippen LogP contribution in [0, 0.1) is 0 Å². The number of rotatable bonds is 3. The van der Waals surface area contributed by atoms with Gasteiger partial charge in [-0.15, -0.1) is 0 Å². The van der Waals surface area contributed by atoms with Gasteiger partial charge in [0.05, 0.1) is 13.2 Å². The summed E-state index contributed by atoms with van der Waals surface area (Å²) in [4.78, 5) is 16.0. The Morgan fingerprint density at radius 1 is 1.14 bits per heavy atom. The molecule has 1 saturated heterocycles. The van der Waals surface area contributed by atoms with E-state index in [4.69, 9.17) is 21.1 Å². The highest BCUT2D eigenvalue weighted by Gasteiger charge is 2.18. The number of hydrogen-bond donors (Lipinski definition) is 1. The molecule has 0 saturated carbocycles. The van der Waals surface area contributed by atoms with E-state index >= 15 is 0 Å². The number of hydrogen-bond acceptors (Lipinski definition) is 4. The molecule has 1 aliphatic heterocycles. The van der Waals surface area contributed by atoms with E-state index in [1.54, 1.807) is 30.3 Å². The fraction of sp³-hybridized carbons (Fsp3) is 0.200. The van der Waals surface area contributed by atoms with Crippen molar-refractivity contribution in [2.24, 2.45) is 0 Å². The molecular formula is C15H13ClN2O3. The first-order valence-corrected chi connectivity index (χ1v) is 6.87. The molecule has 21 heavy (non-hydrogen) atoms. The van der Waals surface area contributed by atoms with Gasteiger partial charge in [-0.3, -0.25) is 4.79 Å². The monoisotopic (exact) mass is 304 g/mol. The minimum atomic E-state index is -0.315. The minimum Gasteiger partial charge on any atom is -0.346 e. The van der Waals surface area contributed by atoms with Crippen molar-refractivity contribution in [1.82, 2.24) is 4.98 Å². The third-order valence-electron chi connectivity index (χ3n) is 3.01. The van der Waals surface area contributed by atoms with Gasteiger partial charge in [0.1, 0.15) is 10.8 Å². The number of amides is 1. The van der Waals surface area contributed by atoms with Crippen LogP contribution in [0.4, 0.5) is 5.69 Å². The van der Waals surface area contributed by atoms with Crippen molar-refractivity contribution in [2.75, 3.05) is 18.5 Å². The van der Waals surface area contributed by atoms with E-state index in [1.807, 2.05) is 12.1 Å². The summed E-state index contributed by atoms with van der Waals surface area (Å²) in [5.41, 5.74) is 1.86. The second-order valence-corrected chi connectivity index (χ2v) is 4.88. The maximum atomic E-state index is 12.0. The minimum absolute atomic E-state index is 0.272. The first kappa shape index (κ1) is 14.0. The molecule has 1 aromatic carbocycles. The van der Waals surface area contributed by atoms with E-state index < -0.39 is 0 Å². The molecule has 1 aliphatic rings. The molecule has 0 spiro atoms. The summed E-state index contributed by atoms with van der Waals surface area (Å²) in [6, 6.07) is 12.2. The topological polar surface area (TPSA) is 60.5 Å². The van der Waals surface area contributed by atoms with Gasteiger partial charge in [0.2, 0.25) is 0 Å². The quantitative estimate of drug-likeness (QED) is 0.885. The van der Waals surface area contributed by atoms with Crippen molar-refractivity contribution in [3.8, 4) is 0 Å². The second-order valence-electron chi connectivity index (χ2n) is 4.50. The predicted molar refractivity (Wildman–Crippen MR) is 78.3 cm³/mol. The lowest BCUT2D eigenvalue weighted by atomic mass is 10.2. The van der Waals surface area contributed by atoms with Gasteiger partial charge in [-0.2, -0.15) is 0 Å². The molecule has 1 N–H and O–H groups in total. The molecule has 3 rings (SSSR count). The van der Waals surface area contributed by atoms with E-state index in [2.05, 4.69) is 10.3 Å². The highest BCUT2D eigenvalue weighted by Crippen LogP contribution is 2.24. The molecule has 0 atom stereocenters. The number of ether oxygens (including phenoxy) is 2. The van der Waals surface area contributed by atoms with Crippen LogP contribution in [-0.4, -0.2) is 24.1 Å². The van der Waals surface area contributed by atoms with Gasteiger partial charge >= 0.3 is 0 Å². The Bertz CT molecular complexity index is 640. The molecule has 0 bridgehead atoms. The van der Waals surface area contributed by atoms with Crippen LogP contribution in [0.5, 0.6) is 0 Å². The lowest BCUT2D eigenvalue weighted by Gasteiger charge is -2.10. The van der Waals surface area contributed by atoms with Gasteiger partial charge in [-0.1, -0.05) is 29.8 Å². The van der Waals surface area contributed by atoms with E-state index in [0.29, 0.717) is 18.9 Å². The van der Waals surface area contributed by atoms with Crippen LogP contribution in [0.2, 0.25) is 5.15 Å². The summed E-state index contributed by atoms with van der Waals surface area (Å²) in [5.74, 6) is -0.307. The molecule has 0 aliphatic carbocycles. The van der Waals surface area contributed by atoms with Crippen molar-refractivity contribution in [3.63, 3.8) is 0 Å². The number of benzene rings is 1. The molecule has 1 amide bonds. The fourth-order valence-electron chi connectivity index (χ4n) is 2.00. The van der Waals surface area contributed by atoms with Gasteiger partial charge in [0.15, 0.2) is 6.29 Å². The Balaban J connectivity index is 1.68. The van der Waals surface area contributed by atoms with Crippen LogP contribution < -0.4 is 5.32 Å². The van der Waals surface area contributed by atoms with Gasteiger partial charge in [0, 0.05) is 11.3 Å². The second kappa shape index (κ2) is 6.22. The number of carbonyl (C=O) groups is 1. The molecule has 108 valence electrons. The summed E-state index contributed by atoms with van der Waals surface area (Å²) in [6.45, 7) is 1.20. The molecule has 2 heterocycles. The van der Waals surface area contributed by atoms with Gasteiger partial charge in [-0.25, -0.2) is 4.98 Å². The van der Waals surface area contributed by atoms with Gasteiger partial charge < -0.3 is 14.8 Å². The zero-order valence-corrected chi connectivity index (χ0v) is 11.8. The normalized spacial score (nSPS) is 15.1. The number of aromatic nitrogens is 1. The van der Waals surface area contributed by atoms with Crippen LogP contribution in [0.3, 0.4) is 0 Å². The summed E-state index contributed by atoms with van der Waals surface area (Å²) < 4.78 is 10.8. The maximum Gasteiger partial charge on any atom is 0.274 e. The van der Waals surface area contributed by atoms with Crippen molar-refractivity contribution < 1.29 is 14.3 Å². The van der Waals surface area contributed by atoms with E-state index in [9.17, 15) is 4.79 Å². The van der Waals surface area contributed by atoms with Crippen LogP contribution >= 0.6 is 11.6 Å². The van der Waals surface area contributed by atoms with Crippen LogP contribution in [-0.2, 0) is 9.47 Å². The first-order chi connectivity index (χ1) is 10.2. The molecule has 0 radical (unpaired) electrons. The molecule has 1 aromatic heterocycles. The Hall–Kier alpha value is -1.95. The third kappa shape index (κ3) is 3.39. The van der Waals surface area contributed by atoms with Crippen molar-refractivity contribution in [3.05, 3.63) is 58.9 Å². The Morgan fingerprint density at radius 2 is 1.86 bits per heavy atom. The first-order valence-electron chi connectivity index (χ1n) is 6.49. The largest absolute Gasteiger partial charge is 0.346 e. The number of pyridine rings is 1. The Kier molecular flexibility index (Phi) is 4.15. The van der Waals surface area contributed by atoms with Crippen LogP contribution in [0.15, 0.2) is 42.5 Å². The number of carbonyl (C=O) groups excluding carboxylic acids is 1. The van der Waals surface area contributed by atoms with Crippen molar-refractivity contribution >= 4 is 23.2 Å². The highest BCUT2D eigenvalue weighted by atomic mass is 35.5. The standard InChI is InChI=1S/C15H13ClN2O3/c16-13-3-1-2-12(18-13)14(19)17-11-6-4-10(5-7-11)15-20-8-9-21-15/h1-7,15H,8-9H2,(H,17,19). The fourth-order valence-corrected chi connectivity index (χ4v) is 2.17. The molecule has 5 nitrogen and oxygen atoms in total. The van der Waals surface area contributed by atoms with Crippen LogP contribution in [0.25, 0.3) is 0 Å². The smallest absolute Gasteiger partial charge is 0.274 e. The third-order valence-corrected chi connectivity index (χ3v) is 3.22.